The molecule has 0 spiro atoms. The molecule has 188 valence electrons. The number of nitrogens with zero attached hydrogens (tertiary/aromatic N) is 2. The molecule has 0 amide bonds. The lowest BCUT2D eigenvalue weighted by atomic mass is 9.65. The molecule has 35 heavy (non-hydrogen) atoms. The number of ether oxygens (including phenoxy) is 2. The molecule has 6 heteroatoms. The van der Waals surface area contributed by atoms with E-state index in [1.807, 2.05) is 39.1 Å². The van der Waals surface area contributed by atoms with Crippen molar-refractivity contribution in [1.82, 2.24) is 9.97 Å². The van der Waals surface area contributed by atoms with E-state index < -0.39 is 5.60 Å². The summed E-state index contributed by atoms with van der Waals surface area (Å²) < 4.78 is 10.8. The molecule has 3 heterocycles. The molecule has 4 rings (SSSR count). The number of hydrogen-bond acceptors (Lipinski definition) is 6. The van der Waals surface area contributed by atoms with E-state index in [1.165, 1.54) is 12.0 Å². The number of methoxy groups -OCH3 is 1. The average molecular weight is 478 g/mol. The van der Waals surface area contributed by atoms with Gasteiger partial charge in [-0.05, 0) is 100 Å². The van der Waals surface area contributed by atoms with Gasteiger partial charge in [0.15, 0.2) is 0 Å². The van der Waals surface area contributed by atoms with Gasteiger partial charge < -0.3 is 14.8 Å². The molecule has 2 aromatic rings. The Hall–Kier alpha value is -2.89. The lowest BCUT2D eigenvalue weighted by Gasteiger charge is -2.40. The van der Waals surface area contributed by atoms with Gasteiger partial charge in [0.2, 0.25) is 5.88 Å². The van der Waals surface area contributed by atoms with Gasteiger partial charge in [0.1, 0.15) is 11.4 Å². The third-order valence-electron chi connectivity index (χ3n) is 6.99. The van der Waals surface area contributed by atoms with Crippen LogP contribution in [0.5, 0.6) is 5.88 Å². The van der Waals surface area contributed by atoms with E-state index >= 15 is 0 Å². The SMILES string of the molecule is COc1ccc(C(CC(=O)OC(C)(C)C)C2CC(CCC=Cc3ccc4c(n3)NCCC4)C2)cn1. The van der Waals surface area contributed by atoms with E-state index in [2.05, 4.69) is 34.6 Å². The largest absolute Gasteiger partial charge is 0.481 e. The normalized spacial score (nSPS) is 20.5. The zero-order valence-electron chi connectivity index (χ0n) is 21.5. The quantitative estimate of drug-likeness (QED) is 0.435. The Morgan fingerprint density at radius 3 is 2.77 bits per heavy atom. The number of hydrogen-bond donors (Lipinski definition) is 1. The van der Waals surface area contributed by atoms with Gasteiger partial charge in [-0.2, -0.15) is 0 Å². The molecule has 1 aliphatic carbocycles. The Morgan fingerprint density at radius 2 is 2.06 bits per heavy atom. The smallest absolute Gasteiger partial charge is 0.306 e. The summed E-state index contributed by atoms with van der Waals surface area (Å²) in [6, 6.07) is 8.23. The summed E-state index contributed by atoms with van der Waals surface area (Å²) in [4.78, 5) is 21.8. The number of allylic oxidation sites excluding steroid dienone is 1. The highest BCUT2D eigenvalue weighted by Gasteiger charge is 2.37. The van der Waals surface area contributed by atoms with Gasteiger partial charge in [0, 0.05) is 18.8 Å². The van der Waals surface area contributed by atoms with Crippen LogP contribution in [0.15, 0.2) is 36.5 Å². The molecule has 6 nitrogen and oxygen atoms in total. The molecule has 1 atom stereocenters. The minimum atomic E-state index is -0.475. The molecular weight excluding hydrogens is 438 g/mol. The zero-order chi connectivity index (χ0) is 24.8. The average Bonchev–Trinajstić information content (AvgIpc) is 2.80. The van der Waals surface area contributed by atoms with Crippen LogP contribution in [0.2, 0.25) is 0 Å². The summed E-state index contributed by atoms with van der Waals surface area (Å²) in [6.07, 6.45) is 13.4. The Morgan fingerprint density at radius 1 is 1.23 bits per heavy atom. The van der Waals surface area contributed by atoms with Crippen LogP contribution in [0.4, 0.5) is 5.82 Å². The van der Waals surface area contributed by atoms with Gasteiger partial charge in [0.25, 0.3) is 0 Å². The van der Waals surface area contributed by atoms with Gasteiger partial charge in [-0.25, -0.2) is 9.97 Å². The summed E-state index contributed by atoms with van der Waals surface area (Å²) in [5, 5.41) is 3.40. The van der Waals surface area contributed by atoms with E-state index in [-0.39, 0.29) is 11.9 Å². The summed E-state index contributed by atoms with van der Waals surface area (Å²) in [6.45, 7) is 6.76. The number of pyridine rings is 2. The predicted octanol–water partition coefficient (Wildman–Crippen LogP) is 6.18. The highest BCUT2D eigenvalue weighted by atomic mass is 16.6. The maximum Gasteiger partial charge on any atom is 0.306 e. The van der Waals surface area contributed by atoms with Gasteiger partial charge in [-0.3, -0.25) is 4.79 Å². The Bertz CT molecular complexity index is 1020. The summed E-state index contributed by atoms with van der Waals surface area (Å²) in [7, 11) is 1.61. The molecule has 0 saturated heterocycles. The van der Waals surface area contributed by atoms with Crippen LogP contribution in [0, 0.1) is 11.8 Å². The molecule has 1 saturated carbocycles. The highest BCUT2D eigenvalue weighted by Crippen LogP contribution is 2.47. The number of carbonyl (C=O) groups excluding carboxylic acids is 1. The summed E-state index contributed by atoms with van der Waals surface area (Å²) in [5.41, 5.74) is 2.96. The first-order chi connectivity index (χ1) is 16.8. The highest BCUT2D eigenvalue weighted by molar-refractivity contribution is 5.71. The molecule has 1 aliphatic heterocycles. The van der Waals surface area contributed by atoms with Crippen molar-refractivity contribution >= 4 is 17.9 Å². The molecule has 2 aliphatic rings. The molecule has 1 fully saturated rings. The molecular formula is C29H39N3O3. The molecule has 0 radical (unpaired) electrons. The Kier molecular flexibility index (Phi) is 8.09. The van der Waals surface area contributed by atoms with Crippen molar-refractivity contribution in [2.75, 3.05) is 19.0 Å². The first-order valence-electron chi connectivity index (χ1n) is 12.9. The van der Waals surface area contributed by atoms with Crippen LogP contribution in [0.3, 0.4) is 0 Å². The van der Waals surface area contributed by atoms with Crippen LogP contribution in [-0.4, -0.2) is 35.2 Å². The monoisotopic (exact) mass is 477 g/mol. The van der Waals surface area contributed by atoms with Crippen molar-refractivity contribution in [2.45, 2.75) is 77.2 Å². The lowest BCUT2D eigenvalue weighted by Crippen LogP contribution is -2.32. The maximum atomic E-state index is 12.6. The Labute approximate surface area is 209 Å². The number of nitrogens with one attached hydrogen (secondary N) is 1. The first-order valence-corrected chi connectivity index (χ1v) is 12.9. The van der Waals surface area contributed by atoms with Gasteiger partial charge in [-0.15, -0.1) is 0 Å². The van der Waals surface area contributed by atoms with Gasteiger partial charge >= 0.3 is 5.97 Å². The number of aromatic nitrogens is 2. The van der Waals surface area contributed by atoms with E-state index in [0.29, 0.717) is 24.1 Å². The number of rotatable bonds is 9. The Balaban J connectivity index is 1.30. The first kappa shape index (κ1) is 25.2. The zero-order valence-corrected chi connectivity index (χ0v) is 21.5. The lowest BCUT2D eigenvalue weighted by molar-refractivity contribution is -0.156. The molecule has 0 bridgehead atoms. The number of aryl methyl sites for hydroxylation is 1. The van der Waals surface area contributed by atoms with Crippen LogP contribution in [-0.2, 0) is 16.0 Å². The number of fused-ring (bicyclic) bond motifs is 1. The fourth-order valence-electron chi connectivity index (χ4n) is 5.18. The fourth-order valence-corrected chi connectivity index (χ4v) is 5.18. The standard InChI is InChI=1S/C29H39N3O3/c1-29(2,3)35-27(33)18-25(22-12-14-26(34-4)31-19-22)23-16-20(17-23)8-5-6-10-24-13-11-21-9-7-15-30-28(21)32-24/h6,10-14,19-20,23,25H,5,7-9,15-18H2,1-4H3,(H,30,32). The van der Waals surface area contributed by atoms with E-state index in [4.69, 9.17) is 14.5 Å². The second-order valence-corrected chi connectivity index (χ2v) is 10.9. The van der Waals surface area contributed by atoms with E-state index in [9.17, 15) is 4.79 Å². The summed E-state index contributed by atoms with van der Waals surface area (Å²) in [5.74, 6) is 2.78. The van der Waals surface area contributed by atoms with Crippen LogP contribution >= 0.6 is 0 Å². The van der Waals surface area contributed by atoms with Gasteiger partial charge in [0.05, 0.1) is 19.2 Å². The minimum absolute atomic E-state index is 0.127. The molecule has 2 aromatic heterocycles. The molecule has 1 N–H and O–H groups in total. The second-order valence-electron chi connectivity index (χ2n) is 10.9. The van der Waals surface area contributed by atoms with Crippen molar-refractivity contribution in [2.24, 2.45) is 11.8 Å². The predicted molar refractivity (Wildman–Crippen MR) is 140 cm³/mol. The maximum absolute atomic E-state index is 12.6. The van der Waals surface area contributed by atoms with E-state index in [0.717, 1.165) is 55.7 Å². The third kappa shape index (κ3) is 7.06. The number of carbonyl (C=O) groups is 1. The van der Waals surface area contributed by atoms with Gasteiger partial charge in [-0.1, -0.05) is 18.2 Å². The second kappa shape index (κ2) is 11.2. The third-order valence-corrected chi connectivity index (χ3v) is 6.99. The topological polar surface area (TPSA) is 73.3 Å². The fraction of sp³-hybridized carbons (Fsp3) is 0.552. The van der Waals surface area contributed by atoms with Crippen molar-refractivity contribution in [1.29, 1.82) is 0 Å². The van der Waals surface area contributed by atoms with E-state index in [1.54, 1.807) is 7.11 Å². The van der Waals surface area contributed by atoms with Crippen molar-refractivity contribution in [3.05, 3.63) is 53.4 Å². The van der Waals surface area contributed by atoms with Crippen LogP contribution < -0.4 is 10.1 Å². The van der Waals surface area contributed by atoms with Crippen LogP contribution in [0.25, 0.3) is 6.08 Å². The van der Waals surface area contributed by atoms with Crippen molar-refractivity contribution in [3.63, 3.8) is 0 Å². The number of esters is 1. The molecule has 0 aromatic carbocycles. The summed E-state index contributed by atoms with van der Waals surface area (Å²) >= 11 is 0. The van der Waals surface area contributed by atoms with Crippen molar-refractivity contribution in [3.8, 4) is 5.88 Å². The minimum Gasteiger partial charge on any atom is -0.481 e. The molecule has 1 unspecified atom stereocenters. The van der Waals surface area contributed by atoms with Crippen LogP contribution in [0.1, 0.15) is 82.0 Å². The van der Waals surface area contributed by atoms with Crippen molar-refractivity contribution < 1.29 is 14.3 Å². The number of anilines is 1.